The molecule has 1 unspecified atom stereocenters. The lowest BCUT2D eigenvalue weighted by Gasteiger charge is -2.32. The summed E-state index contributed by atoms with van der Waals surface area (Å²) in [5.74, 6) is 1.41. The molecule has 3 nitrogen and oxygen atoms in total. The molecular formula is C18H26N2O. The Balaban J connectivity index is 1.82. The third-order valence-electron chi connectivity index (χ3n) is 4.91. The highest BCUT2D eigenvalue weighted by atomic mass is 16.2. The highest BCUT2D eigenvalue weighted by Crippen LogP contribution is 2.29. The van der Waals surface area contributed by atoms with Gasteiger partial charge in [-0.3, -0.25) is 4.79 Å². The van der Waals surface area contributed by atoms with Crippen LogP contribution in [-0.4, -0.2) is 37.0 Å². The molecule has 0 aromatic heterocycles. The Bertz CT molecular complexity index is 494. The molecule has 1 amide bonds. The second-order valence-corrected chi connectivity index (χ2v) is 6.61. The molecule has 21 heavy (non-hydrogen) atoms. The van der Waals surface area contributed by atoms with Crippen LogP contribution in [0.25, 0.3) is 0 Å². The van der Waals surface area contributed by atoms with Crippen molar-refractivity contribution in [3.63, 3.8) is 0 Å². The molecule has 1 atom stereocenters. The van der Waals surface area contributed by atoms with E-state index in [2.05, 4.69) is 29.3 Å². The lowest BCUT2D eigenvalue weighted by Crippen LogP contribution is -2.39. The summed E-state index contributed by atoms with van der Waals surface area (Å²) in [6.07, 6.45) is 4.67. The minimum atomic E-state index is 0.246. The van der Waals surface area contributed by atoms with Gasteiger partial charge in [0.2, 0.25) is 0 Å². The maximum atomic E-state index is 12.9. The first kappa shape index (κ1) is 14.6. The van der Waals surface area contributed by atoms with E-state index in [0.29, 0.717) is 11.8 Å². The molecule has 0 aliphatic carbocycles. The monoisotopic (exact) mass is 286 g/mol. The molecule has 3 rings (SSSR count). The number of carbonyl (C=O) groups is 1. The Morgan fingerprint density at radius 3 is 2.71 bits per heavy atom. The average Bonchev–Trinajstić information content (AvgIpc) is 2.55. The number of hydrogen-bond donors (Lipinski definition) is 1. The number of carbonyl (C=O) groups excluding carboxylic acids is 1. The van der Waals surface area contributed by atoms with Crippen molar-refractivity contribution in [1.82, 2.24) is 10.2 Å². The number of benzene rings is 1. The van der Waals surface area contributed by atoms with Gasteiger partial charge in [0.05, 0.1) is 0 Å². The van der Waals surface area contributed by atoms with E-state index in [9.17, 15) is 4.79 Å². The average molecular weight is 286 g/mol. The molecule has 2 aliphatic rings. The van der Waals surface area contributed by atoms with Crippen molar-refractivity contribution in [1.29, 1.82) is 0 Å². The molecule has 1 aromatic rings. The van der Waals surface area contributed by atoms with Crippen LogP contribution in [0.4, 0.5) is 0 Å². The van der Waals surface area contributed by atoms with Crippen LogP contribution in [0.2, 0.25) is 0 Å². The second kappa shape index (κ2) is 6.61. The number of rotatable bonds is 2. The molecule has 1 aromatic carbocycles. The van der Waals surface area contributed by atoms with Gasteiger partial charge in [-0.25, -0.2) is 0 Å². The van der Waals surface area contributed by atoms with Gasteiger partial charge in [0.1, 0.15) is 0 Å². The molecular weight excluding hydrogens is 260 g/mol. The SMILES string of the molecule is CC1CCCN(C(=O)c2ccccc2C2CCNCC2)C1. The van der Waals surface area contributed by atoms with Gasteiger partial charge in [-0.15, -0.1) is 0 Å². The van der Waals surface area contributed by atoms with Crippen LogP contribution in [0, 0.1) is 5.92 Å². The Kier molecular flexibility index (Phi) is 4.59. The van der Waals surface area contributed by atoms with Gasteiger partial charge in [0.15, 0.2) is 0 Å². The Morgan fingerprint density at radius 1 is 1.19 bits per heavy atom. The summed E-state index contributed by atoms with van der Waals surface area (Å²) in [5.41, 5.74) is 2.21. The first-order valence-corrected chi connectivity index (χ1v) is 8.34. The molecule has 114 valence electrons. The summed E-state index contributed by atoms with van der Waals surface area (Å²) in [6, 6.07) is 8.27. The number of nitrogens with zero attached hydrogens (tertiary/aromatic N) is 1. The summed E-state index contributed by atoms with van der Waals surface area (Å²) in [6.45, 7) is 6.21. The first-order chi connectivity index (χ1) is 10.3. The van der Waals surface area contributed by atoms with Gasteiger partial charge in [-0.05, 0) is 62.2 Å². The smallest absolute Gasteiger partial charge is 0.254 e. The molecule has 2 aliphatic heterocycles. The zero-order chi connectivity index (χ0) is 14.7. The van der Waals surface area contributed by atoms with Gasteiger partial charge in [0, 0.05) is 18.7 Å². The molecule has 2 heterocycles. The van der Waals surface area contributed by atoms with Gasteiger partial charge < -0.3 is 10.2 Å². The summed E-state index contributed by atoms with van der Waals surface area (Å²) in [4.78, 5) is 15.0. The van der Waals surface area contributed by atoms with Crippen LogP contribution in [0.15, 0.2) is 24.3 Å². The topological polar surface area (TPSA) is 32.3 Å². The van der Waals surface area contributed by atoms with Gasteiger partial charge in [0.25, 0.3) is 5.91 Å². The predicted molar refractivity (Wildman–Crippen MR) is 85.6 cm³/mol. The zero-order valence-electron chi connectivity index (χ0n) is 13.0. The van der Waals surface area contributed by atoms with Gasteiger partial charge in [-0.2, -0.15) is 0 Å². The quantitative estimate of drug-likeness (QED) is 0.906. The van der Waals surface area contributed by atoms with Crippen molar-refractivity contribution < 1.29 is 4.79 Å². The normalized spacial score (nSPS) is 24.0. The van der Waals surface area contributed by atoms with Crippen LogP contribution in [0.1, 0.15) is 54.4 Å². The molecule has 1 N–H and O–H groups in total. The van der Waals surface area contributed by atoms with E-state index in [0.717, 1.165) is 51.0 Å². The van der Waals surface area contributed by atoms with Crippen LogP contribution >= 0.6 is 0 Å². The van der Waals surface area contributed by atoms with Crippen molar-refractivity contribution in [2.75, 3.05) is 26.2 Å². The maximum absolute atomic E-state index is 12.9. The minimum Gasteiger partial charge on any atom is -0.338 e. The van der Waals surface area contributed by atoms with Gasteiger partial charge in [-0.1, -0.05) is 25.1 Å². The highest BCUT2D eigenvalue weighted by Gasteiger charge is 2.26. The molecule has 0 spiro atoms. The first-order valence-electron chi connectivity index (χ1n) is 8.34. The van der Waals surface area contributed by atoms with Crippen molar-refractivity contribution in [2.45, 2.75) is 38.5 Å². The maximum Gasteiger partial charge on any atom is 0.254 e. The highest BCUT2D eigenvalue weighted by molar-refractivity contribution is 5.96. The number of likely N-dealkylation sites (tertiary alicyclic amines) is 1. The van der Waals surface area contributed by atoms with E-state index >= 15 is 0 Å². The van der Waals surface area contributed by atoms with Crippen LogP contribution in [-0.2, 0) is 0 Å². The Labute approximate surface area is 127 Å². The number of nitrogens with one attached hydrogen (secondary N) is 1. The van der Waals surface area contributed by atoms with E-state index in [1.54, 1.807) is 0 Å². The Morgan fingerprint density at radius 2 is 1.95 bits per heavy atom. The minimum absolute atomic E-state index is 0.246. The van der Waals surface area contributed by atoms with Crippen molar-refractivity contribution in [2.24, 2.45) is 5.92 Å². The lowest BCUT2D eigenvalue weighted by atomic mass is 9.86. The summed E-state index contributed by atoms with van der Waals surface area (Å²) >= 11 is 0. The van der Waals surface area contributed by atoms with E-state index in [1.165, 1.54) is 12.0 Å². The summed E-state index contributed by atoms with van der Waals surface area (Å²) < 4.78 is 0. The second-order valence-electron chi connectivity index (χ2n) is 6.61. The zero-order valence-corrected chi connectivity index (χ0v) is 13.0. The van der Waals surface area contributed by atoms with E-state index in [4.69, 9.17) is 0 Å². The van der Waals surface area contributed by atoms with E-state index in [-0.39, 0.29) is 5.91 Å². The molecule has 2 fully saturated rings. The molecule has 3 heteroatoms. The van der Waals surface area contributed by atoms with Crippen molar-refractivity contribution >= 4 is 5.91 Å². The third kappa shape index (κ3) is 3.29. The molecule has 2 saturated heterocycles. The standard InChI is InChI=1S/C18H26N2O/c1-14-5-4-12-20(13-14)18(21)17-7-3-2-6-16(17)15-8-10-19-11-9-15/h2-3,6-7,14-15,19H,4-5,8-13H2,1H3. The van der Waals surface area contributed by atoms with Gasteiger partial charge >= 0.3 is 0 Å². The number of amides is 1. The summed E-state index contributed by atoms with van der Waals surface area (Å²) in [5, 5.41) is 3.41. The van der Waals surface area contributed by atoms with E-state index in [1.807, 2.05) is 12.1 Å². The van der Waals surface area contributed by atoms with Crippen LogP contribution in [0.3, 0.4) is 0 Å². The lowest BCUT2D eigenvalue weighted by molar-refractivity contribution is 0.0681. The molecule has 0 radical (unpaired) electrons. The third-order valence-corrected chi connectivity index (χ3v) is 4.91. The fraction of sp³-hybridized carbons (Fsp3) is 0.611. The number of hydrogen-bond acceptors (Lipinski definition) is 2. The van der Waals surface area contributed by atoms with Crippen molar-refractivity contribution in [3.8, 4) is 0 Å². The Hall–Kier alpha value is -1.35. The fourth-order valence-corrected chi connectivity index (χ4v) is 3.72. The predicted octanol–water partition coefficient (Wildman–Crippen LogP) is 3.03. The van der Waals surface area contributed by atoms with E-state index < -0.39 is 0 Å². The van der Waals surface area contributed by atoms with Crippen LogP contribution in [0.5, 0.6) is 0 Å². The molecule has 0 bridgehead atoms. The van der Waals surface area contributed by atoms with Crippen LogP contribution < -0.4 is 5.32 Å². The number of piperidine rings is 2. The molecule has 0 saturated carbocycles. The largest absolute Gasteiger partial charge is 0.338 e. The summed E-state index contributed by atoms with van der Waals surface area (Å²) in [7, 11) is 0. The van der Waals surface area contributed by atoms with Crippen molar-refractivity contribution in [3.05, 3.63) is 35.4 Å². The fourth-order valence-electron chi connectivity index (χ4n) is 3.72.